The van der Waals surface area contributed by atoms with Gasteiger partial charge in [-0.1, -0.05) is 23.2 Å². The van der Waals surface area contributed by atoms with Gasteiger partial charge in [0.05, 0.1) is 44.5 Å². The summed E-state index contributed by atoms with van der Waals surface area (Å²) in [5, 5.41) is 9.22. The van der Waals surface area contributed by atoms with Crippen LogP contribution >= 0.6 is 23.2 Å². The molecule has 0 saturated heterocycles. The van der Waals surface area contributed by atoms with Gasteiger partial charge in [0.25, 0.3) is 11.8 Å². The van der Waals surface area contributed by atoms with E-state index in [1.165, 1.54) is 43.6 Å². The molecule has 0 spiro atoms. The molecule has 0 atom stereocenters. The molecule has 4 aromatic rings. The number of aromatic nitrogens is 3. The fourth-order valence-electron chi connectivity index (χ4n) is 3.84. The van der Waals surface area contributed by atoms with Crippen molar-refractivity contribution in [3.05, 3.63) is 98.9 Å². The number of rotatable bonds is 8. The molecule has 2 aromatic carbocycles. The van der Waals surface area contributed by atoms with E-state index in [2.05, 4.69) is 20.7 Å². The Bertz CT molecular complexity index is 1870. The Hall–Kier alpha value is -4.19. The van der Waals surface area contributed by atoms with Crippen molar-refractivity contribution in [1.82, 2.24) is 24.8 Å². The SMILES string of the molecule is CNC(=O)c1cc(Cl)ccc1NC(=O)c1cc(CNS(=O)(=O)c2cc(C(F)(F)F)cc(C(F)(F)F)c2)nn1-c1ncccc1Cl. The van der Waals surface area contributed by atoms with E-state index in [9.17, 15) is 44.3 Å². The van der Waals surface area contributed by atoms with Crippen LogP contribution in [0.5, 0.6) is 0 Å². The summed E-state index contributed by atoms with van der Waals surface area (Å²) < 4.78 is 108. The summed E-state index contributed by atoms with van der Waals surface area (Å²) in [5.74, 6) is -1.57. The molecular weight excluding hydrogens is 677 g/mol. The van der Waals surface area contributed by atoms with Gasteiger partial charge in [-0.05, 0) is 54.6 Å². The molecule has 19 heteroatoms. The van der Waals surface area contributed by atoms with E-state index in [0.29, 0.717) is 0 Å². The first-order valence-corrected chi connectivity index (χ1v) is 14.5. The zero-order chi connectivity index (χ0) is 33.3. The fraction of sp³-hybridized carbons (Fsp3) is 0.154. The van der Waals surface area contributed by atoms with Gasteiger partial charge in [-0.15, -0.1) is 0 Å². The lowest BCUT2D eigenvalue weighted by atomic mass is 10.1. The number of halogens is 8. The van der Waals surface area contributed by atoms with Crippen LogP contribution in [0.4, 0.5) is 32.0 Å². The van der Waals surface area contributed by atoms with Crippen LogP contribution in [0.25, 0.3) is 5.82 Å². The van der Waals surface area contributed by atoms with Crippen LogP contribution in [0.15, 0.2) is 65.7 Å². The number of sulfonamides is 1. The van der Waals surface area contributed by atoms with Crippen molar-refractivity contribution in [1.29, 1.82) is 0 Å². The summed E-state index contributed by atoms with van der Waals surface area (Å²) in [7, 11) is -3.64. The molecule has 3 N–H and O–H groups in total. The summed E-state index contributed by atoms with van der Waals surface area (Å²) >= 11 is 12.2. The van der Waals surface area contributed by atoms with Gasteiger partial charge in [0.15, 0.2) is 5.82 Å². The number of alkyl halides is 6. The maximum Gasteiger partial charge on any atom is 0.416 e. The van der Waals surface area contributed by atoms with E-state index in [-0.39, 0.29) is 56.7 Å². The predicted molar refractivity (Wildman–Crippen MR) is 150 cm³/mol. The van der Waals surface area contributed by atoms with E-state index >= 15 is 0 Å². The smallest absolute Gasteiger partial charge is 0.355 e. The van der Waals surface area contributed by atoms with Crippen molar-refractivity contribution < 1.29 is 44.3 Å². The highest BCUT2D eigenvalue weighted by atomic mass is 35.5. The number of anilines is 1. The Morgan fingerprint density at radius 3 is 2.13 bits per heavy atom. The van der Waals surface area contributed by atoms with Crippen molar-refractivity contribution in [3.8, 4) is 5.82 Å². The number of carbonyl (C=O) groups excluding carboxylic acids is 2. The highest BCUT2D eigenvalue weighted by molar-refractivity contribution is 7.89. The van der Waals surface area contributed by atoms with Gasteiger partial charge in [0, 0.05) is 18.3 Å². The Morgan fingerprint density at radius 1 is 0.911 bits per heavy atom. The van der Waals surface area contributed by atoms with Crippen LogP contribution in [0.1, 0.15) is 37.7 Å². The van der Waals surface area contributed by atoms with E-state index in [0.717, 1.165) is 10.7 Å². The molecular formula is C26H18Cl2F6N6O4S. The number of hydrogen-bond acceptors (Lipinski definition) is 6. The van der Waals surface area contributed by atoms with E-state index < -0.39 is 56.8 Å². The third kappa shape index (κ3) is 7.73. The number of nitrogens with zero attached hydrogens (tertiary/aromatic N) is 3. The molecule has 0 aliphatic carbocycles. The molecule has 0 bridgehead atoms. The Balaban J connectivity index is 1.71. The van der Waals surface area contributed by atoms with Gasteiger partial charge in [-0.2, -0.15) is 31.4 Å². The maximum absolute atomic E-state index is 13.4. The van der Waals surface area contributed by atoms with Gasteiger partial charge in [-0.25, -0.2) is 22.8 Å². The standard InChI is InChI=1S/C26H18Cl2F6N6O4S/c1-35-23(41)18-10-15(27)4-5-20(18)38-24(42)21-11-16(39-40(21)22-19(28)3-2-6-36-22)12-37-45(43,44)17-8-13(25(29,30)31)7-14(9-17)26(32,33)34/h2-11,37H,12H2,1H3,(H,35,41)(H,38,42). The molecule has 0 unspecified atom stereocenters. The second-order valence-corrected chi connectivity index (χ2v) is 11.6. The second kappa shape index (κ2) is 12.7. The largest absolute Gasteiger partial charge is 0.416 e. The highest BCUT2D eigenvalue weighted by Gasteiger charge is 2.38. The number of amides is 2. The highest BCUT2D eigenvalue weighted by Crippen LogP contribution is 2.37. The van der Waals surface area contributed by atoms with Crippen molar-refractivity contribution in [2.75, 3.05) is 12.4 Å². The summed E-state index contributed by atoms with van der Waals surface area (Å²) in [6, 6.07) is 7.89. The van der Waals surface area contributed by atoms with Crippen LogP contribution in [-0.2, 0) is 28.9 Å². The molecule has 2 amide bonds. The van der Waals surface area contributed by atoms with E-state index in [4.69, 9.17) is 23.2 Å². The summed E-state index contributed by atoms with van der Waals surface area (Å²) in [6.45, 7) is -0.790. The van der Waals surface area contributed by atoms with Crippen molar-refractivity contribution in [2.24, 2.45) is 0 Å². The van der Waals surface area contributed by atoms with Gasteiger partial charge < -0.3 is 10.6 Å². The monoisotopic (exact) mass is 694 g/mol. The topological polar surface area (TPSA) is 135 Å². The first-order valence-electron chi connectivity index (χ1n) is 12.2. The number of pyridine rings is 1. The van der Waals surface area contributed by atoms with Gasteiger partial charge in [0.1, 0.15) is 5.69 Å². The molecule has 2 heterocycles. The quantitative estimate of drug-likeness (QED) is 0.203. The van der Waals surface area contributed by atoms with Crippen molar-refractivity contribution in [2.45, 2.75) is 23.8 Å². The normalized spacial score (nSPS) is 12.2. The lowest BCUT2D eigenvalue weighted by Crippen LogP contribution is -2.25. The second-order valence-electron chi connectivity index (χ2n) is 9.03. The zero-order valence-electron chi connectivity index (χ0n) is 22.4. The molecule has 2 aromatic heterocycles. The van der Waals surface area contributed by atoms with Crippen molar-refractivity contribution in [3.63, 3.8) is 0 Å². The number of nitrogens with one attached hydrogen (secondary N) is 3. The minimum absolute atomic E-state index is 0.00275. The Kier molecular flexibility index (Phi) is 9.48. The molecule has 0 fully saturated rings. The van der Waals surface area contributed by atoms with E-state index in [1.54, 1.807) is 0 Å². The van der Waals surface area contributed by atoms with Crippen molar-refractivity contribution >= 4 is 50.7 Å². The zero-order valence-corrected chi connectivity index (χ0v) is 24.7. The summed E-state index contributed by atoms with van der Waals surface area (Å²) in [4.78, 5) is 28.5. The molecule has 45 heavy (non-hydrogen) atoms. The maximum atomic E-state index is 13.4. The minimum Gasteiger partial charge on any atom is -0.355 e. The Labute approximate surface area is 260 Å². The van der Waals surface area contributed by atoms with Crippen LogP contribution in [0, 0.1) is 0 Å². The molecule has 0 radical (unpaired) electrons. The first kappa shape index (κ1) is 33.7. The minimum atomic E-state index is -5.28. The van der Waals surface area contributed by atoms with Crippen LogP contribution < -0.4 is 15.4 Å². The third-order valence-electron chi connectivity index (χ3n) is 5.95. The number of hydrogen-bond donors (Lipinski definition) is 3. The summed E-state index contributed by atoms with van der Waals surface area (Å²) in [6.07, 6.45) is -9.26. The van der Waals surface area contributed by atoms with Crippen LogP contribution in [0.2, 0.25) is 10.0 Å². The molecule has 0 saturated carbocycles. The van der Waals surface area contributed by atoms with Crippen LogP contribution in [0.3, 0.4) is 0 Å². The molecule has 0 aliphatic rings. The van der Waals surface area contributed by atoms with Gasteiger partial charge in [0.2, 0.25) is 10.0 Å². The van der Waals surface area contributed by atoms with Gasteiger partial charge >= 0.3 is 12.4 Å². The van der Waals surface area contributed by atoms with Gasteiger partial charge in [-0.3, -0.25) is 9.59 Å². The lowest BCUT2D eigenvalue weighted by Gasteiger charge is -2.14. The fourth-order valence-corrected chi connectivity index (χ4v) is 5.28. The Morgan fingerprint density at radius 2 is 1.56 bits per heavy atom. The number of carbonyl (C=O) groups is 2. The third-order valence-corrected chi connectivity index (χ3v) is 7.86. The van der Waals surface area contributed by atoms with Crippen LogP contribution in [-0.4, -0.2) is 42.0 Å². The molecule has 10 nitrogen and oxygen atoms in total. The summed E-state index contributed by atoms with van der Waals surface area (Å²) in [5.41, 5.74) is -4.14. The lowest BCUT2D eigenvalue weighted by molar-refractivity contribution is -0.143. The molecule has 0 aliphatic heterocycles. The first-order chi connectivity index (χ1) is 20.9. The average molecular weight is 695 g/mol. The molecule has 4 rings (SSSR count). The predicted octanol–water partition coefficient (Wildman–Crippen LogP) is 5.70. The van der Waals surface area contributed by atoms with E-state index in [1.807, 2.05) is 4.72 Å². The average Bonchev–Trinajstić information content (AvgIpc) is 3.40. The molecule has 238 valence electrons. The number of benzene rings is 2.